The fourth-order valence-electron chi connectivity index (χ4n) is 6.26. The molecule has 4 heterocycles. The van der Waals surface area contributed by atoms with Crippen LogP contribution in [0.3, 0.4) is 0 Å². The summed E-state index contributed by atoms with van der Waals surface area (Å²) in [6.07, 6.45) is 4.65. The summed E-state index contributed by atoms with van der Waals surface area (Å²) in [6.45, 7) is 7.29. The Kier molecular flexibility index (Phi) is 11.4. The van der Waals surface area contributed by atoms with Gasteiger partial charge in [0.2, 0.25) is 0 Å². The minimum Gasteiger partial charge on any atom is -0.490 e. The highest BCUT2D eigenvalue weighted by molar-refractivity contribution is 5.77. The van der Waals surface area contributed by atoms with Crippen LogP contribution in [0.1, 0.15) is 24.2 Å². The third-order valence-electron chi connectivity index (χ3n) is 8.68. The van der Waals surface area contributed by atoms with E-state index in [2.05, 4.69) is 47.2 Å². The molecule has 0 aliphatic carbocycles. The predicted molar refractivity (Wildman–Crippen MR) is 190 cm³/mol. The fourth-order valence-corrected chi connectivity index (χ4v) is 6.26. The van der Waals surface area contributed by atoms with Crippen molar-refractivity contribution >= 4 is 0 Å². The third kappa shape index (κ3) is 7.70. The van der Waals surface area contributed by atoms with Crippen LogP contribution < -0.4 is 9.47 Å². The van der Waals surface area contributed by atoms with Gasteiger partial charge in [0.05, 0.1) is 37.1 Å². The summed E-state index contributed by atoms with van der Waals surface area (Å²) in [5.74, 6) is 3.14. The number of aromatic nitrogens is 2. The van der Waals surface area contributed by atoms with Gasteiger partial charge in [-0.3, -0.25) is 0 Å². The first-order valence-electron chi connectivity index (χ1n) is 16.8. The average Bonchev–Trinajstić information content (AvgIpc) is 3.95. The first kappa shape index (κ1) is 33.9. The number of hydrogen-bond acceptors (Lipinski definition) is 7. The molecule has 0 aliphatic rings. The summed E-state index contributed by atoms with van der Waals surface area (Å²) in [5, 5.41) is 19.1. The number of benzene rings is 2. The number of aliphatic hydroxyl groups excluding tert-OH is 2. The number of aliphatic hydroxyl groups is 2. The second kappa shape index (κ2) is 16.4. The topological polar surface area (TPSA) is 104 Å². The molecule has 2 N–H and O–H groups in total. The van der Waals surface area contributed by atoms with Crippen molar-refractivity contribution in [2.24, 2.45) is 0 Å². The molecule has 6 rings (SSSR count). The molecule has 9 heteroatoms. The summed E-state index contributed by atoms with van der Waals surface area (Å²) in [4.78, 5) is 0. The molecular formula is C40H44N2O7. The molecule has 0 atom stereocenters. The monoisotopic (exact) mass is 664 g/mol. The molecule has 0 radical (unpaired) electrons. The van der Waals surface area contributed by atoms with E-state index in [1.54, 1.807) is 12.5 Å². The van der Waals surface area contributed by atoms with E-state index < -0.39 is 0 Å². The number of hydrogen-bond donors (Lipinski definition) is 2. The zero-order valence-electron chi connectivity index (χ0n) is 28.1. The van der Waals surface area contributed by atoms with Gasteiger partial charge in [0.15, 0.2) is 0 Å². The van der Waals surface area contributed by atoms with Gasteiger partial charge in [0.1, 0.15) is 36.2 Å². The Bertz CT molecular complexity index is 1760. The lowest BCUT2D eigenvalue weighted by Gasteiger charge is -2.16. The highest BCUT2D eigenvalue weighted by atomic mass is 16.5. The lowest BCUT2D eigenvalue weighted by Crippen LogP contribution is -2.13. The van der Waals surface area contributed by atoms with Crippen molar-refractivity contribution in [1.29, 1.82) is 0 Å². The van der Waals surface area contributed by atoms with Crippen molar-refractivity contribution in [2.75, 3.05) is 39.6 Å². The largest absolute Gasteiger partial charge is 0.490 e. The summed E-state index contributed by atoms with van der Waals surface area (Å²) in [7, 11) is 0. The standard InChI is InChI=1S/C40H44N2O7/c1-29-33(39-15-7-21-46-39)27-35(41(29)17-9-19-43)31-11-3-5-13-37(31)48-25-23-45-24-26-49-38-14-6-4-12-32(38)36-28-34(40-16-8-22-47-40)30(2)42(36)18-10-20-44/h3-8,11-16,21-22,27-28,43-44H,9-10,17-20,23-26H2,1-2H3. The molecule has 256 valence electrons. The van der Waals surface area contributed by atoms with Gasteiger partial charge in [0, 0.05) is 59.9 Å². The second-order valence-electron chi connectivity index (χ2n) is 11.8. The Morgan fingerprint density at radius 2 is 1.00 bits per heavy atom. The third-order valence-corrected chi connectivity index (χ3v) is 8.68. The molecule has 0 bridgehead atoms. The molecule has 0 unspecified atom stereocenters. The number of para-hydroxylation sites is 2. The van der Waals surface area contributed by atoms with Gasteiger partial charge < -0.3 is 42.4 Å². The average molecular weight is 665 g/mol. The van der Waals surface area contributed by atoms with E-state index in [9.17, 15) is 10.2 Å². The molecule has 0 saturated heterocycles. The maximum absolute atomic E-state index is 9.55. The maximum atomic E-state index is 9.55. The molecule has 0 fully saturated rings. The Morgan fingerprint density at radius 3 is 1.41 bits per heavy atom. The Balaban J connectivity index is 1.08. The number of ether oxygens (including phenoxy) is 3. The molecule has 9 nitrogen and oxygen atoms in total. The van der Waals surface area contributed by atoms with E-state index in [0.717, 1.165) is 68.0 Å². The summed E-state index contributed by atoms with van der Waals surface area (Å²) >= 11 is 0. The molecule has 49 heavy (non-hydrogen) atoms. The quantitative estimate of drug-likeness (QED) is 0.0898. The van der Waals surface area contributed by atoms with Crippen LogP contribution in [-0.2, 0) is 17.8 Å². The predicted octanol–water partition coefficient (Wildman–Crippen LogP) is 8.00. The maximum Gasteiger partial charge on any atom is 0.135 e. The molecule has 0 aliphatic heterocycles. The second-order valence-corrected chi connectivity index (χ2v) is 11.8. The molecule has 0 amide bonds. The lowest BCUT2D eigenvalue weighted by atomic mass is 10.1. The van der Waals surface area contributed by atoms with Gasteiger partial charge >= 0.3 is 0 Å². The van der Waals surface area contributed by atoms with E-state index in [0.29, 0.717) is 52.4 Å². The fraction of sp³-hybridized carbons (Fsp3) is 0.300. The van der Waals surface area contributed by atoms with Crippen LogP contribution in [0.2, 0.25) is 0 Å². The minimum atomic E-state index is 0.114. The van der Waals surface area contributed by atoms with E-state index in [1.165, 1.54) is 0 Å². The van der Waals surface area contributed by atoms with Crippen LogP contribution in [-0.4, -0.2) is 59.0 Å². The van der Waals surface area contributed by atoms with E-state index in [-0.39, 0.29) is 13.2 Å². The summed E-state index contributed by atoms with van der Waals surface area (Å²) in [5.41, 5.74) is 8.14. The van der Waals surface area contributed by atoms with Gasteiger partial charge in [-0.15, -0.1) is 0 Å². The zero-order chi connectivity index (χ0) is 34.0. The lowest BCUT2D eigenvalue weighted by molar-refractivity contribution is 0.0767. The molecule has 0 spiro atoms. The van der Waals surface area contributed by atoms with Crippen LogP contribution >= 0.6 is 0 Å². The summed E-state index contributed by atoms with van der Waals surface area (Å²) < 4.78 is 34.3. The van der Waals surface area contributed by atoms with Crippen LogP contribution in [0.25, 0.3) is 45.2 Å². The Hall–Kier alpha value is -4.96. The normalized spacial score (nSPS) is 11.3. The van der Waals surface area contributed by atoms with E-state index >= 15 is 0 Å². The van der Waals surface area contributed by atoms with Crippen molar-refractivity contribution in [3.8, 4) is 56.7 Å². The van der Waals surface area contributed by atoms with E-state index in [4.69, 9.17) is 23.0 Å². The van der Waals surface area contributed by atoms with Gasteiger partial charge in [0.25, 0.3) is 0 Å². The van der Waals surface area contributed by atoms with Crippen molar-refractivity contribution in [2.45, 2.75) is 39.8 Å². The van der Waals surface area contributed by atoms with Gasteiger partial charge in [-0.25, -0.2) is 0 Å². The molecule has 0 saturated carbocycles. The Labute approximate surface area is 286 Å². The van der Waals surface area contributed by atoms with Crippen LogP contribution in [0.4, 0.5) is 0 Å². The van der Waals surface area contributed by atoms with Crippen molar-refractivity contribution in [3.63, 3.8) is 0 Å². The number of furan rings is 2. The van der Waals surface area contributed by atoms with Crippen molar-refractivity contribution < 1.29 is 33.3 Å². The highest BCUT2D eigenvalue weighted by Crippen LogP contribution is 2.38. The summed E-state index contributed by atoms with van der Waals surface area (Å²) in [6, 6.07) is 27.9. The smallest absolute Gasteiger partial charge is 0.135 e. The molecule has 2 aromatic carbocycles. The van der Waals surface area contributed by atoms with Gasteiger partial charge in [-0.1, -0.05) is 24.3 Å². The van der Waals surface area contributed by atoms with Crippen LogP contribution in [0, 0.1) is 13.8 Å². The molecule has 4 aromatic heterocycles. The number of rotatable bonds is 18. The molecular weight excluding hydrogens is 620 g/mol. The highest BCUT2D eigenvalue weighted by Gasteiger charge is 2.20. The first-order chi connectivity index (χ1) is 24.1. The van der Waals surface area contributed by atoms with E-state index in [1.807, 2.05) is 60.7 Å². The SMILES string of the molecule is Cc1c(-c2ccco2)cc(-c2ccccc2OCCOCCOc2ccccc2-c2cc(-c3ccco3)c(C)n2CCCO)n1CCCO. The van der Waals surface area contributed by atoms with Crippen LogP contribution in [0.15, 0.2) is 106 Å². The van der Waals surface area contributed by atoms with Gasteiger partial charge in [-0.2, -0.15) is 0 Å². The van der Waals surface area contributed by atoms with Crippen molar-refractivity contribution in [1.82, 2.24) is 9.13 Å². The minimum absolute atomic E-state index is 0.114. The first-order valence-corrected chi connectivity index (χ1v) is 16.8. The Morgan fingerprint density at radius 1 is 0.551 bits per heavy atom. The van der Waals surface area contributed by atoms with Gasteiger partial charge in [-0.05, 0) is 87.4 Å². The van der Waals surface area contributed by atoms with Crippen LogP contribution in [0.5, 0.6) is 11.5 Å². The number of nitrogens with zero attached hydrogens (tertiary/aromatic N) is 2. The molecule has 6 aromatic rings. The van der Waals surface area contributed by atoms with Crippen molar-refractivity contribution in [3.05, 3.63) is 109 Å². The zero-order valence-corrected chi connectivity index (χ0v) is 28.1.